The molecular formula is C8H13N3O. The molecule has 1 heterocycles. The van der Waals surface area contributed by atoms with E-state index < -0.39 is 0 Å². The molecule has 0 bridgehead atoms. The van der Waals surface area contributed by atoms with Crippen molar-refractivity contribution in [3.63, 3.8) is 0 Å². The fourth-order valence-corrected chi connectivity index (χ4v) is 0.925. The molecule has 0 spiro atoms. The lowest BCUT2D eigenvalue weighted by Crippen LogP contribution is -2.05. The van der Waals surface area contributed by atoms with Gasteiger partial charge >= 0.3 is 0 Å². The molecule has 0 aliphatic heterocycles. The number of carbonyl (C=O) groups excluding carboxylic acids is 1. The Balaban J connectivity index is 2.58. The molecule has 0 N–H and O–H groups in total. The van der Waals surface area contributed by atoms with Gasteiger partial charge in [-0.1, -0.05) is 18.6 Å². The van der Waals surface area contributed by atoms with Crippen molar-refractivity contribution in [1.82, 2.24) is 15.0 Å². The third kappa shape index (κ3) is 2.15. The van der Waals surface area contributed by atoms with Gasteiger partial charge in [0.15, 0.2) is 0 Å². The van der Waals surface area contributed by atoms with Crippen LogP contribution < -0.4 is 0 Å². The number of hydrogen-bond donors (Lipinski definition) is 0. The molecule has 0 unspecified atom stereocenters. The molecule has 4 nitrogen and oxygen atoms in total. The normalized spacial score (nSPS) is 10.2. The van der Waals surface area contributed by atoms with Crippen molar-refractivity contribution in [2.24, 2.45) is 0 Å². The highest BCUT2D eigenvalue weighted by Gasteiger charge is 2.02. The van der Waals surface area contributed by atoms with E-state index in [0.717, 1.165) is 25.0 Å². The summed E-state index contributed by atoms with van der Waals surface area (Å²) in [5, 5.41) is 7.55. The molecule has 0 aliphatic rings. The standard InChI is InChI=1S/C8H13N3O/c1-3-4-5-8-6-11(7(2)12)10-9-8/h6H,3-5H2,1-2H3. The van der Waals surface area contributed by atoms with Crippen molar-refractivity contribution in [3.8, 4) is 0 Å². The average Bonchev–Trinajstić information content (AvgIpc) is 2.48. The van der Waals surface area contributed by atoms with E-state index in [2.05, 4.69) is 17.2 Å². The Kier molecular flexibility index (Phi) is 2.96. The molecule has 0 fully saturated rings. The van der Waals surface area contributed by atoms with E-state index in [0.29, 0.717) is 0 Å². The number of carbonyl (C=O) groups is 1. The Morgan fingerprint density at radius 2 is 2.42 bits per heavy atom. The molecule has 4 heteroatoms. The van der Waals surface area contributed by atoms with Crippen LogP contribution >= 0.6 is 0 Å². The minimum absolute atomic E-state index is 0.0924. The smallest absolute Gasteiger partial charge is 0.245 e. The zero-order valence-corrected chi connectivity index (χ0v) is 7.45. The van der Waals surface area contributed by atoms with E-state index in [4.69, 9.17) is 0 Å². The van der Waals surface area contributed by atoms with Crippen molar-refractivity contribution in [2.75, 3.05) is 0 Å². The number of aryl methyl sites for hydroxylation is 1. The van der Waals surface area contributed by atoms with Gasteiger partial charge < -0.3 is 0 Å². The van der Waals surface area contributed by atoms with E-state index in [1.165, 1.54) is 11.6 Å². The molecular weight excluding hydrogens is 154 g/mol. The topological polar surface area (TPSA) is 47.8 Å². The Morgan fingerprint density at radius 3 is 2.92 bits per heavy atom. The van der Waals surface area contributed by atoms with Gasteiger partial charge in [0, 0.05) is 6.92 Å². The average molecular weight is 167 g/mol. The summed E-state index contributed by atoms with van der Waals surface area (Å²) in [5.41, 5.74) is 0.895. The van der Waals surface area contributed by atoms with Crippen molar-refractivity contribution in [3.05, 3.63) is 11.9 Å². The lowest BCUT2D eigenvalue weighted by atomic mass is 10.2. The highest BCUT2D eigenvalue weighted by atomic mass is 16.2. The zero-order chi connectivity index (χ0) is 8.97. The molecule has 66 valence electrons. The minimum Gasteiger partial charge on any atom is -0.273 e. The number of unbranched alkanes of at least 4 members (excludes halogenated alkanes) is 1. The predicted molar refractivity (Wildman–Crippen MR) is 44.9 cm³/mol. The van der Waals surface area contributed by atoms with Crippen LogP contribution in [0.5, 0.6) is 0 Å². The maximum atomic E-state index is 10.8. The first-order valence-corrected chi connectivity index (χ1v) is 4.16. The van der Waals surface area contributed by atoms with Crippen LogP contribution in [0, 0.1) is 0 Å². The van der Waals surface area contributed by atoms with Crippen molar-refractivity contribution >= 4 is 5.91 Å². The van der Waals surface area contributed by atoms with Gasteiger partial charge in [-0.25, -0.2) is 0 Å². The molecule has 0 amide bonds. The van der Waals surface area contributed by atoms with E-state index in [-0.39, 0.29) is 5.91 Å². The summed E-state index contributed by atoms with van der Waals surface area (Å²) in [7, 11) is 0. The highest BCUT2D eigenvalue weighted by Crippen LogP contribution is 1.99. The van der Waals surface area contributed by atoms with Gasteiger partial charge in [0.25, 0.3) is 0 Å². The van der Waals surface area contributed by atoms with Gasteiger partial charge in [0.2, 0.25) is 5.91 Å². The first kappa shape index (κ1) is 8.90. The lowest BCUT2D eigenvalue weighted by Gasteiger charge is -1.89. The quantitative estimate of drug-likeness (QED) is 0.681. The summed E-state index contributed by atoms with van der Waals surface area (Å²) in [6, 6.07) is 0. The lowest BCUT2D eigenvalue weighted by molar-refractivity contribution is 0.0919. The van der Waals surface area contributed by atoms with E-state index in [1.807, 2.05) is 0 Å². The second-order valence-corrected chi connectivity index (χ2v) is 2.78. The second kappa shape index (κ2) is 3.99. The number of rotatable bonds is 3. The second-order valence-electron chi connectivity index (χ2n) is 2.78. The van der Waals surface area contributed by atoms with Crippen LogP contribution in [0.15, 0.2) is 6.20 Å². The maximum absolute atomic E-state index is 10.8. The highest BCUT2D eigenvalue weighted by molar-refractivity contribution is 5.74. The van der Waals surface area contributed by atoms with E-state index in [1.54, 1.807) is 6.20 Å². The Labute approximate surface area is 71.6 Å². The molecule has 0 aromatic carbocycles. The van der Waals surface area contributed by atoms with Gasteiger partial charge in [-0.2, -0.15) is 4.68 Å². The zero-order valence-electron chi connectivity index (χ0n) is 7.45. The fourth-order valence-electron chi connectivity index (χ4n) is 0.925. The van der Waals surface area contributed by atoms with Crippen molar-refractivity contribution in [2.45, 2.75) is 33.1 Å². The molecule has 12 heavy (non-hydrogen) atoms. The van der Waals surface area contributed by atoms with Crippen molar-refractivity contribution < 1.29 is 4.79 Å². The van der Waals surface area contributed by atoms with Gasteiger partial charge in [-0.3, -0.25) is 4.79 Å². The van der Waals surface area contributed by atoms with Gasteiger partial charge in [0.05, 0.1) is 11.9 Å². The molecule has 1 aromatic heterocycles. The molecule has 1 aromatic rings. The summed E-state index contributed by atoms with van der Waals surface area (Å²) in [6.07, 6.45) is 4.82. The number of hydrogen-bond acceptors (Lipinski definition) is 3. The SMILES string of the molecule is CCCCc1cn(C(C)=O)nn1. The minimum atomic E-state index is -0.0924. The van der Waals surface area contributed by atoms with Gasteiger partial charge in [-0.15, -0.1) is 5.10 Å². The third-order valence-electron chi connectivity index (χ3n) is 1.65. The summed E-state index contributed by atoms with van der Waals surface area (Å²) in [6.45, 7) is 3.59. The van der Waals surface area contributed by atoms with Crippen LogP contribution in [0.25, 0.3) is 0 Å². The molecule has 0 aliphatic carbocycles. The third-order valence-corrected chi connectivity index (χ3v) is 1.65. The number of aromatic nitrogens is 3. The number of nitrogens with zero attached hydrogens (tertiary/aromatic N) is 3. The van der Waals surface area contributed by atoms with Crippen LogP contribution in [0.1, 0.15) is 37.2 Å². The molecule has 0 saturated carbocycles. The van der Waals surface area contributed by atoms with Gasteiger partial charge in [0.1, 0.15) is 0 Å². The van der Waals surface area contributed by atoms with E-state index >= 15 is 0 Å². The monoisotopic (exact) mass is 167 g/mol. The van der Waals surface area contributed by atoms with Crippen LogP contribution in [-0.2, 0) is 6.42 Å². The fraction of sp³-hybridized carbons (Fsp3) is 0.625. The summed E-state index contributed by atoms with van der Waals surface area (Å²) in [5.74, 6) is -0.0924. The predicted octanol–water partition coefficient (Wildman–Crippen LogP) is 1.28. The van der Waals surface area contributed by atoms with Crippen LogP contribution in [0.3, 0.4) is 0 Å². The maximum Gasteiger partial charge on any atom is 0.245 e. The molecule has 1 rings (SSSR count). The van der Waals surface area contributed by atoms with Gasteiger partial charge in [-0.05, 0) is 12.8 Å². The van der Waals surface area contributed by atoms with Crippen LogP contribution in [0.2, 0.25) is 0 Å². The summed E-state index contributed by atoms with van der Waals surface area (Å²) >= 11 is 0. The molecule has 0 saturated heterocycles. The summed E-state index contributed by atoms with van der Waals surface area (Å²) in [4.78, 5) is 10.8. The molecule has 0 atom stereocenters. The van der Waals surface area contributed by atoms with E-state index in [9.17, 15) is 4.79 Å². The Bertz CT molecular complexity index is 267. The largest absolute Gasteiger partial charge is 0.273 e. The van der Waals surface area contributed by atoms with Crippen LogP contribution in [0.4, 0.5) is 0 Å². The molecule has 0 radical (unpaired) electrons. The Hall–Kier alpha value is -1.19. The summed E-state index contributed by atoms with van der Waals surface area (Å²) < 4.78 is 1.27. The Morgan fingerprint density at radius 1 is 1.67 bits per heavy atom. The van der Waals surface area contributed by atoms with Crippen LogP contribution in [-0.4, -0.2) is 20.9 Å². The first-order chi connectivity index (χ1) is 5.74. The first-order valence-electron chi connectivity index (χ1n) is 4.16. The van der Waals surface area contributed by atoms with Crippen molar-refractivity contribution in [1.29, 1.82) is 0 Å².